The smallest absolute Gasteiger partial charge is 0.338 e. The van der Waals surface area contributed by atoms with Gasteiger partial charge in [0.1, 0.15) is 5.82 Å². The number of nitrogens with zero attached hydrogens (tertiary/aromatic N) is 1. The molecule has 2 aromatic rings. The molecule has 1 heterocycles. The van der Waals surface area contributed by atoms with Crippen molar-refractivity contribution in [3.63, 3.8) is 0 Å². The van der Waals surface area contributed by atoms with E-state index < -0.39 is 35.3 Å². The van der Waals surface area contributed by atoms with E-state index in [1.165, 1.54) is 35.2 Å². The lowest BCUT2D eigenvalue weighted by atomic mass is 9.96. The van der Waals surface area contributed by atoms with Crippen molar-refractivity contribution in [1.29, 1.82) is 0 Å². The second kappa shape index (κ2) is 8.00. The van der Waals surface area contributed by atoms with Crippen LogP contribution in [0.2, 0.25) is 0 Å². The van der Waals surface area contributed by atoms with Crippen molar-refractivity contribution < 1.29 is 27.2 Å². The maximum Gasteiger partial charge on any atom is 0.416 e. The van der Waals surface area contributed by atoms with E-state index in [1.807, 2.05) is 0 Å². The molecule has 0 aliphatic carbocycles. The maximum absolute atomic E-state index is 13.7. The molecule has 0 bridgehead atoms. The van der Waals surface area contributed by atoms with Gasteiger partial charge < -0.3 is 10.2 Å². The van der Waals surface area contributed by atoms with E-state index in [4.69, 9.17) is 0 Å². The van der Waals surface area contributed by atoms with Crippen LogP contribution in [0.5, 0.6) is 0 Å². The molecule has 1 atom stereocenters. The third-order valence-electron chi connectivity index (χ3n) is 4.65. The summed E-state index contributed by atoms with van der Waals surface area (Å²) < 4.78 is 52.3. The molecule has 1 aliphatic heterocycles. The molecule has 148 valence electrons. The molecule has 1 unspecified atom stereocenters. The minimum Gasteiger partial charge on any atom is -0.338 e. The van der Waals surface area contributed by atoms with Crippen molar-refractivity contribution >= 4 is 17.5 Å². The summed E-state index contributed by atoms with van der Waals surface area (Å²) >= 11 is 0. The van der Waals surface area contributed by atoms with Crippen molar-refractivity contribution in [2.45, 2.75) is 19.0 Å². The number of para-hydroxylation sites is 1. The molecule has 8 heteroatoms. The molecule has 0 saturated carbocycles. The number of amides is 2. The van der Waals surface area contributed by atoms with Gasteiger partial charge in [-0.25, -0.2) is 4.39 Å². The summed E-state index contributed by atoms with van der Waals surface area (Å²) in [6, 6.07) is 9.96. The van der Waals surface area contributed by atoms with E-state index in [2.05, 4.69) is 5.32 Å². The Morgan fingerprint density at radius 2 is 1.82 bits per heavy atom. The summed E-state index contributed by atoms with van der Waals surface area (Å²) in [7, 11) is 0. The second-order valence-corrected chi connectivity index (χ2v) is 6.64. The Kier molecular flexibility index (Phi) is 5.67. The minimum atomic E-state index is -4.54. The summed E-state index contributed by atoms with van der Waals surface area (Å²) in [5.41, 5.74) is -0.928. The number of hydrogen-bond acceptors (Lipinski definition) is 2. The van der Waals surface area contributed by atoms with Crippen LogP contribution in [0.3, 0.4) is 0 Å². The Morgan fingerprint density at radius 1 is 1.07 bits per heavy atom. The van der Waals surface area contributed by atoms with Crippen molar-refractivity contribution in [1.82, 2.24) is 4.90 Å². The standard InChI is InChI=1S/C20H18F4N2O2/c21-16-8-1-2-9-17(16)25-18(27)14-6-4-10-26(12-14)19(28)13-5-3-7-15(11-13)20(22,23)24/h1-3,5,7-9,11,14H,4,6,10,12H2,(H,25,27). The summed E-state index contributed by atoms with van der Waals surface area (Å²) in [6.07, 6.45) is -3.51. The Hall–Kier alpha value is -2.90. The fourth-order valence-electron chi connectivity index (χ4n) is 3.18. The molecule has 1 N–H and O–H groups in total. The first-order valence-corrected chi connectivity index (χ1v) is 8.77. The van der Waals surface area contributed by atoms with Crippen molar-refractivity contribution in [2.24, 2.45) is 5.92 Å². The van der Waals surface area contributed by atoms with Gasteiger partial charge in [-0.2, -0.15) is 13.2 Å². The van der Waals surface area contributed by atoms with Crippen LogP contribution >= 0.6 is 0 Å². The fraction of sp³-hybridized carbons (Fsp3) is 0.300. The fourth-order valence-corrected chi connectivity index (χ4v) is 3.18. The van der Waals surface area contributed by atoms with Crippen molar-refractivity contribution in [2.75, 3.05) is 18.4 Å². The van der Waals surface area contributed by atoms with Gasteiger partial charge in [-0.1, -0.05) is 18.2 Å². The highest BCUT2D eigenvalue weighted by atomic mass is 19.4. The zero-order valence-corrected chi connectivity index (χ0v) is 14.8. The van der Waals surface area contributed by atoms with Crippen molar-refractivity contribution in [3.05, 3.63) is 65.5 Å². The lowest BCUT2D eigenvalue weighted by Crippen LogP contribution is -2.43. The summed E-state index contributed by atoms with van der Waals surface area (Å²) in [4.78, 5) is 26.4. The van der Waals surface area contributed by atoms with Crippen LogP contribution in [-0.2, 0) is 11.0 Å². The third-order valence-corrected chi connectivity index (χ3v) is 4.65. The van der Waals surface area contributed by atoms with Gasteiger partial charge in [0, 0.05) is 18.7 Å². The Morgan fingerprint density at radius 3 is 2.54 bits per heavy atom. The van der Waals surface area contributed by atoms with Crippen LogP contribution in [0.1, 0.15) is 28.8 Å². The molecule has 0 spiro atoms. The first kappa shape index (κ1) is 19.9. The Bertz CT molecular complexity index is 883. The number of benzene rings is 2. The predicted octanol–water partition coefficient (Wildman–Crippen LogP) is 4.34. The van der Waals surface area contributed by atoms with Crippen LogP contribution in [0.25, 0.3) is 0 Å². The zero-order chi connectivity index (χ0) is 20.3. The summed E-state index contributed by atoms with van der Waals surface area (Å²) in [5, 5.41) is 2.51. The molecule has 0 aromatic heterocycles. The molecule has 1 fully saturated rings. The van der Waals surface area contributed by atoms with Gasteiger partial charge in [0.25, 0.3) is 5.91 Å². The number of halogens is 4. The lowest BCUT2D eigenvalue weighted by Gasteiger charge is -2.32. The van der Waals surface area contributed by atoms with E-state index in [-0.39, 0.29) is 17.8 Å². The number of carbonyl (C=O) groups is 2. The number of hydrogen-bond donors (Lipinski definition) is 1. The maximum atomic E-state index is 13.7. The van der Waals surface area contributed by atoms with Gasteiger partial charge in [0.15, 0.2) is 0 Å². The second-order valence-electron chi connectivity index (χ2n) is 6.64. The Labute approximate surface area is 159 Å². The monoisotopic (exact) mass is 394 g/mol. The first-order chi connectivity index (χ1) is 13.3. The molecular formula is C20H18F4N2O2. The third kappa shape index (κ3) is 4.49. The highest BCUT2D eigenvalue weighted by Crippen LogP contribution is 2.30. The van der Waals surface area contributed by atoms with E-state index in [0.717, 1.165) is 12.1 Å². The van der Waals surface area contributed by atoms with Crippen molar-refractivity contribution in [3.8, 4) is 0 Å². The summed E-state index contributed by atoms with van der Waals surface area (Å²) in [6.45, 7) is 0.411. The van der Waals surface area contributed by atoms with Crippen LogP contribution in [-0.4, -0.2) is 29.8 Å². The number of nitrogens with one attached hydrogen (secondary N) is 1. The highest BCUT2D eigenvalue weighted by molar-refractivity contribution is 5.96. The molecule has 28 heavy (non-hydrogen) atoms. The number of piperidine rings is 1. The van der Waals surface area contributed by atoms with E-state index >= 15 is 0 Å². The number of anilines is 1. The van der Waals surface area contributed by atoms with E-state index in [0.29, 0.717) is 19.4 Å². The Balaban J connectivity index is 1.70. The SMILES string of the molecule is O=C(Nc1ccccc1F)C1CCCN(C(=O)c2cccc(C(F)(F)F)c2)C1. The van der Waals surface area contributed by atoms with Crippen LogP contribution in [0, 0.1) is 11.7 Å². The van der Waals surface area contributed by atoms with Gasteiger partial charge in [-0.3, -0.25) is 9.59 Å². The summed E-state index contributed by atoms with van der Waals surface area (Å²) in [5.74, 6) is -2.12. The molecule has 2 aromatic carbocycles. The predicted molar refractivity (Wildman–Crippen MR) is 95.1 cm³/mol. The van der Waals surface area contributed by atoms with Gasteiger partial charge in [-0.05, 0) is 43.2 Å². The number of rotatable bonds is 3. The van der Waals surface area contributed by atoms with Gasteiger partial charge in [0.2, 0.25) is 5.91 Å². The molecule has 1 saturated heterocycles. The molecule has 1 aliphatic rings. The van der Waals surface area contributed by atoms with Crippen LogP contribution < -0.4 is 5.32 Å². The topological polar surface area (TPSA) is 49.4 Å². The number of carbonyl (C=O) groups excluding carboxylic acids is 2. The molecule has 3 rings (SSSR count). The van der Waals surface area contributed by atoms with Gasteiger partial charge in [0.05, 0.1) is 17.2 Å². The van der Waals surface area contributed by atoms with E-state index in [1.54, 1.807) is 6.07 Å². The zero-order valence-electron chi connectivity index (χ0n) is 14.8. The van der Waals surface area contributed by atoms with Gasteiger partial charge >= 0.3 is 6.18 Å². The quantitative estimate of drug-likeness (QED) is 0.788. The number of likely N-dealkylation sites (tertiary alicyclic amines) is 1. The highest BCUT2D eigenvalue weighted by Gasteiger charge is 2.33. The first-order valence-electron chi connectivity index (χ1n) is 8.77. The molecule has 2 amide bonds. The lowest BCUT2D eigenvalue weighted by molar-refractivity contribution is -0.137. The normalized spacial score (nSPS) is 17.3. The van der Waals surface area contributed by atoms with Crippen LogP contribution in [0.15, 0.2) is 48.5 Å². The number of alkyl halides is 3. The molecular weight excluding hydrogens is 376 g/mol. The van der Waals surface area contributed by atoms with Gasteiger partial charge in [-0.15, -0.1) is 0 Å². The molecule has 4 nitrogen and oxygen atoms in total. The van der Waals surface area contributed by atoms with E-state index in [9.17, 15) is 27.2 Å². The van der Waals surface area contributed by atoms with Crippen LogP contribution in [0.4, 0.5) is 23.2 Å². The molecule has 0 radical (unpaired) electrons. The average molecular weight is 394 g/mol. The minimum absolute atomic E-state index is 0.0498. The average Bonchev–Trinajstić information content (AvgIpc) is 2.68. The largest absolute Gasteiger partial charge is 0.416 e.